The molecule has 8 heteroatoms. The molecule has 0 aliphatic carbocycles. The molecule has 1 aromatic rings. The van der Waals surface area contributed by atoms with E-state index >= 15 is 0 Å². The Bertz CT molecular complexity index is 588. The van der Waals surface area contributed by atoms with Crippen LogP contribution in [0.4, 0.5) is 22.0 Å². The average Bonchev–Trinajstić information content (AvgIpc) is 2.48. The van der Waals surface area contributed by atoms with Gasteiger partial charge in [-0.1, -0.05) is 25.1 Å². The number of hydrogen-bond acceptors (Lipinski definition) is 2. The summed E-state index contributed by atoms with van der Waals surface area (Å²) in [5, 5.41) is 2.20. The lowest BCUT2D eigenvalue weighted by atomic mass is 9.99. The molecule has 1 N–H and O–H groups in total. The van der Waals surface area contributed by atoms with Crippen molar-refractivity contribution in [3.05, 3.63) is 35.4 Å². The predicted octanol–water partition coefficient (Wildman–Crippen LogP) is 3.09. The van der Waals surface area contributed by atoms with E-state index in [1.165, 1.54) is 18.2 Å². The van der Waals surface area contributed by atoms with E-state index in [4.69, 9.17) is 0 Å². The number of rotatable bonds is 4. The van der Waals surface area contributed by atoms with Gasteiger partial charge in [-0.15, -0.1) is 0 Å². The van der Waals surface area contributed by atoms with Gasteiger partial charge in [0.25, 0.3) is 5.92 Å². The molecule has 1 aliphatic rings. The fourth-order valence-electron chi connectivity index (χ4n) is 2.83. The molecular weight excluding hydrogens is 331 g/mol. The number of piperidine rings is 1. The zero-order valence-electron chi connectivity index (χ0n) is 13.2. The summed E-state index contributed by atoms with van der Waals surface area (Å²) in [4.78, 5) is 13.5. The molecule has 1 saturated heterocycles. The number of alkyl halides is 5. The fraction of sp³-hybridized carbons (Fsp3) is 0.562. The van der Waals surface area contributed by atoms with Crippen molar-refractivity contribution in [2.24, 2.45) is 0 Å². The van der Waals surface area contributed by atoms with Gasteiger partial charge in [-0.05, 0) is 24.6 Å². The van der Waals surface area contributed by atoms with E-state index in [0.29, 0.717) is 13.1 Å². The average molecular weight is 350 g/mol. The third kappa shape index (κ3) is 4.43. The Hall–Kier alpha value is -1.70. The predicted molar refractivity (Wildman–Crippen MR) is 78.8 cm³/mol. The molecule has 134 valence electrons. The van der Waals surface area contributed by atoms with Gasteiger partial charge in [0.1, 0.15) is 0 Å². The van der Waals surface area contributed by atoms with Gasteiger partial charge in [-0.3, -0.25) is 9.69 Å². The lowest BCUT2D eigenvalue weighted by Crippen LogP contribution is -2.58. The topological polar surface area (TPSA) is 32.3 Å². The van der Waals surface area contributed by atoms with Crippen LogP contribution in [0.3, 0.4) is 0 Å². The Balaban J connectivity index is 2.04. The lowest BCUT2D eigenvalue weighted by molar-refractivity contribution is -0.138. The van der Waals surface area contributed by atoms with Crippen LogP contribution < -0.4 is 5.32 Å². The van der Waals surface area contributed by atoms with Crippen molar-refractivity contribution in [1.29, 1.82) is 0 Å². The Morgan fingerprint density at radius 1 is 1.33 bits per heavy atom. The summed E-state index contributed by atoms with van der Waals surface area (Å²) < 4.78 is 66.8. The van der Waals surface area contributed by atoms with Crippen molar-refractivity contribution in [1.82, 2.24) is 10.2 Å². The minimum Gasteiger partial charge on any atom is -0.347 e. The summed E-state index contributed by atoms with van der Waals surface area (Å²) in [6.07, 6.45) is -5.11. The highest BCUT2D eigenvalue weighted by Gasteiger charge is 2.45. The van der Waals surface area contributed by atoms with Crippen molar-refractivity contribution in [2.45, 2.75) is 37.9 Å². The summed E-state index contributed by atoms with van der Waals surface area (Å²) in [6, 6.07) is 3.30. The van der Waals surface area contributed by atoms with E-state index in [0.717, 1.165) is 6.07 Å². The van der Waals surface area contributed by atoms with Crippen LogP contribution >= 0.6 is 0 Å². The molecule has 0 radical (unpaired) electrons. The smallest absolute Gasteiger partial charge is 0.347 e. The van der Waals surface area contributed by atoms with Crippen LogP contribution in [0.25, 0.3) is 0 Å². The first-order valence-corrected chi connectivity index (χ1v) is 7.68. The molecule has 3 nitrogen and oxygen atoms in total. The summed E-state index contributed by atoms with van der Waals surface area (Å²) >= 11 is 0. The second-order valence-electron chi connectivity index (χ2n) is 5.87. The molecule has 1 aromatic carbocycles. The van der Waals surface area contributed by atoms with Crippen LogP contribution in [0.15, 0.2) is 24.3 Å². The molecule has 2 rings (SSSR count). The van der Waals surface area contributed by atoms with Crippen LogP contribution in [0.2, 0.25) is 0 Å². The number of nitrogens with one attached hydrogen (secondary N) is 1. The molecular formula is C16H19F5N2O. The maximum Gasteiger partial charge on any atom is 0.416 e. The summed E-state index contributed by atoms with van der Waals surface area (Å²) in [5.41, 5.74) is -1.15. The number of halogens is 5. The first kappa shape index (κ1) is 18.6. The van der Waals surface area contributed by atoms with Crippen molar-refractivity contribution in [2.75, 3.05) is 19.6 Å². The minimum atomic E-state index is -4.59. The molecule has 1 amide bonds. The summed E-state index contributed by atoms with van der Waals surface area (Å²) in [6.45, 7) is 2.20. The molecule has 1 heterocycles. The first-order valence-electron chi connectivity index (χ1n) is 7.68. The van der Waals surface area contributed by atoms with Crippen LogP contribution in [0.1, 0.15) is 24.5 Å². The Morgan fingerprint density at radius 2 is 2.00 bits per heavy atom. The van der Waals surface area contributed by atoms with Crippen molar-refractivity contribution in [3.63, 3.8) is 0 Å². The van der Waals surface area contributed by atoms with E-state index < -0.39 is 42.6 Å². The third-order valence-corrected chi connectivity index (χ3v) is 4.13. The van der Waals surface area contributed by atoms with Gasteiger partial charge in [0.15, 0.2) is 0 Å². The molecule has 0 spiro atoms. The van der Waals surface area contributed by atoms with Gasteiger partial charge in [0.05, 0.1) is 24.6 Å². The van der Waals surface area contributed by atoms with Crippen LogP contribution in [0.5, 0.6) is 0 Å². The SMILES string of the molecule is CCN1CCC(NC(=O)Cc2ccccc2C(F)(F)F)C(F)(F)C1. The Labute approximate surface area is 136 Å². The molecule has 24 heavy (non-hydrogen) atoms. The standard InChI is InChI=1S/C16H19F5N2O/c1-2-23-8-7-13(15(17,18)10-23)22-14(24)9-11-5-3-4-6-12(11)16(19,20)21/h3-6,13H,2,7-10H2,1H3,(H,22,24). The molecule has 1 aliphatic heterocycles. The highest BCUT2D eigenvalue weighted by atomic mass is 19.4. The number of carbonyl (C=O) groups excluding carboxylic acids is 1. The number of amides is 1. The number of likely N-dealkylation sites (tertiary alicyclic amines) is 1. The van der Waals surface area contributed by atoms with Crippen LogP contribution in [-0.2, 0) is 17.4 Å². The number of nitrogens with zero attached hydrogens (tertiary/aromatic N) is 1. The number of carbonyl (C=O) groups is 1. The van der Waals surface area contributed by atoms with E-state index in [1.807, 2.05) is 0 Å². The van der Waals surface area contributed by atoms with E-state index in [9.17, 15) is 26.7 Å². The van der Waals surface area contributed by atoms with E-state index in [1.54, 1.807) is 11.8 Å². The minimum absolute atomic E-state index is 0.0630. The molecule has 1 fully saturated rings. The van der Waals surface area contributed by atoms with Gasteiger partial charge in [0, 0.05) is 6.54 Å². The second kappa shape index (κ2) is 7.04. The maximum absolute atomic E-state index is 14.0. The van der Waals surface area contributed by atoms with E-state index in [2.05, 4.69) is 5.32 Å². The van der Waals surface area contributed by atoms with Gasteiger partial charge in [-0.2, -0.15) is 13.2 Å². The Morgan fingerprint density at radius 3 is 2.58 bits per heavy atom. The largest absolute Gasteiger partial charge is 0.416 e. The second-order valence-corrected chi connectivity index (χ2v) is 5.87. The van der Waals surface area contributed by atoms with Gasteiger partial charge >= 0.3 is 6.18 Å². The fourth-order valence-corrected chi connectivity index (χ4v) is 2.83. The molecule has 0 bridgehead atoms. The third-order valence-electron chi connectivity index (χ3n) is 4.13. The first-order chi connectivity index (χ1) is 11.1. The lowest BCUT2D eigenvalue weighted by Gasteiger charge is -2.38. The highest BCUT2D eigenvalue weighted by Crippen LogP contribution is 2.32. The van der Waals surface area contributed by atoms with Crippen molar-refractivity contribution in [3.8, 4) is 0 Å². The van der Waals surface area contributed by atoms with Crippen molar-refractivity contribution >= 4 is 5.91 Å². The molecule has 0 saturated carbocycles. The van der Waals surface area contributed by atoms with Gasteiger partial charge in [-0.25, -0.2) is 8.78 Å². The van der Waals surface area contributed by atoms with Crippen LogP contribution in [-0.4, -0.2) is 42.4 Å². The quantitative estimate of drug-likeness (QED) is 0.847. The zero-order valence-corrected chi connectivity index (χ0v) is 13.2. The van der Waals surface area contributed by atoms with Gasteiger partial charge in [0.2, 0.25) is 5.91 Å². The van der Waals surface area contributed by atoms with Crippen LogP contribution in [0, 0.1) is 0 Å². The molecule has 1 atom stereocenters. The van der Waals surface area contributed by atoms with Gasteiger partial charge < -0.3 is 5.32 Å². The molecule has 0 aromatic heterocycles. The zero-order chi connectivity index (χ0) is 18.0. The monoisotopic (exact) mass is 350 g/mol. The van der Waals surface area contributed by atoms with E-state index in [-0.39, 0.29) is 12.0 Å². The number of hydrogen-bond donors (Lipinski definition) is 1. The normalized spacial score (nSPS) is 21.5. The van der Waals surface area contributed by atoms with Crippen molar-refractivity contribution < 1.29 is 26.7 Å². The summed E-state index contributed by atoms with van der Waals surface area (Å²) in [7, 11) is 0. The maximum atomic E-state index is 14.0. The number of benzene rings is 1. The Kier molecular flexibility index (Phi) is 5.47. The highest BCUT2D eigenvalue weighted by molar-refractivity contribution is 5.79. The summed E-state index contributed by atoms with van der Waals surface area (Å²) in [5.74, 6) is -3.94. The molecule has 1 unspecified atom stereocenters.